The largest absolute Gasteiger partial charge is 0.369 e. The molecular formula is C16H16Cl2N2O2S. The van der Waals surface area contributed by atoms with Crippen molar-refractivity contribution in [3.8, 4) is 0 Å². The minimum atomic E-state index is -3.50. The van der Waals surface area contributed by atoms with Crippen molar-refractivity contribution in [2.24, 2.45) is 0 Å². The summed E-state index contributed by atoms with van der Waals surface area (Å²) in [5.41, 5.74) is 1.01. The van der Waals surface area contributed by atoms with Crippen molar-refractivity contribution in [3.05, 3.63) is 58.6 Å². The third-order valence-corrected chi connectivity index (χ3v) is 6.21. The molecular weight excluding hydrogens is 355 g/mol. The van der Waals surface area contributed by atoms with Gasteiger partial charge in [0.15, 0.2) is 0 Å². The second-order valence-corrected chi connectivity index (χ2v) is 8.14. The Morgan fingerprint density at radius 2 is 1.43 bits per heavy atom. The number of hydrogen-bond donors (Lipinski definition) is 0. The average molecular weight is 371 g/mol. The van der Waals surface area contributed by atoms with E-state index in [0.717, 1.165) is 5.69 Å². The van der Waals surface area contributed by atoms with Crippen LogP contribution in [-0.4, -0.2) is 38.9 Å². The zero-order valence-corrected chi connectivity index (χ0v) is 14.7. The summed E-state index contributed by atoms with van der Waals surface area (Å²) in [5, 5.41) is 1.10. The van der Waals surface area contributed by atoms with E-state index in [-0.39, 0.29) is 4.90 Å². The van der Waals surface area contributed by atoms with Gasteiger partial charge in [-0.25, -0.2) is 8.42 Å². The molecule has 0 bridgehead atoms. The van der Waals surface area contributed by atoms with Crippen LogP contribution in [0.15, 0.2) is 53.4 Å². The zero-order valence-electron chi connectivity index (χ0n) is 12.3. The van der Waals surface area contributed by atoms with Crippen LogP contribution in [0.3, 0.4) is 0 Å². The summed E-state index contributed by atoms with van der Waals surface area (Å²) in [6.45, 7) is 2.11. The van der Waals surface area contributed by atoms with Gasteiger partial charge in [0.05, 0.1) is 4.90 Å². The van der Waals surface area contributed by atoms with E-state index in [0.29, 0.717) is 36.2 Å². The molecule has 1 aliphatic rings. The van der Waals surface area contributed by atoms with Crippen molar-refractivity contribution in [3.63, 3.8) is 0 Å². The highest BCUT2D eigenvalue weighted by Gasteiger charge is 2.28. The van der Waals surface area contributed by atoms with E-state index < -0.39 is 10.0 Å². The van der Waals surface area contributed by atoms with Crippen molar-refractivity contribution >= 4 is 38.9 Å². The fourth-order valence-corrected chi connectivity index (χ4v) is 4.54. The molecule has 0 saturated carbocycles. The number of rotatable bonds is 3. The van der Waals surface area contributed by atoms with E-state index in [4.69, 9.17) is 23.2 Å². The van der Waals surface area contributed by atoms with E-state index in [9.17, 15) is 8.42 Å². The van der Waals surface area contributed by atoms with Crippen LogP contribution in [0, 0.1) is 0 Å². The second kappa shape index (κ2) is 6.69. The van der Waals surface area contributed by atoms with Gasteiger partial charge in [0.25, 0.3) is 0 Å². The van der Waals surface area contributed by atoms with E-state index in [1.165, 1.54) is 10.4 Å². The molecule has 0 amide bonds. The number of piperazine rings is 1. The van der Waals surface area contributed by atoms with Gasteiger partial charge in [-0.2, -0.15) is 4.31 Å². The lowest BCUT2D eigenvalue weighted by Crippen LogP contribution is -2.48. The lowest BCUT2D eigenvalue weighted by atomic mass is 10.2. The van der Waals surface area contributed by atoms with Crippen LogP contribution < -0.4 is 4.90 Å². The first-order valence-electron chi connectivity index (χ1n) is 7.23. The molecule has 1 heterocycles. The number of benzene rings is 2. The predicted molar refractivity (Wildman–Crippen MR) is 93.9 cm³/mol. The number of nitrogens with zero attached hydrogens (tertiary/aromatic N) is 2. The molecule has 0 radical (unpaired) electrons. The van der Waals surface area contributed by atoms with Gasteiger partial charge >= 0.3 is 0 Å². The minimum absolute atomic E-state index is 0.237. The normalized spacial score (nSPS) is 16.5. The lowest BCUT2D eigenvalue weighted by Gasteiger charge is -2.35. The fraction of sp³-hybridized carbons (Fsp3) is 0.250. The SMILES string of the molecule is O=S(=O)(c1cccc(Cl)c1)N1CCN(c2cccc(Cl)c2)CC1. The number of sulfonamides is 1. The third kappa shape index (κ3) is 3.63. The molecule has 3 rings (SSSR count). The quantitative estimate of drug-likeness (QED) is 0.829. The number of anilines is 1. The Labute approximate surface area is 146 Å². The van der Waals surface area contributed by atoms with Crippen LogP contribution in [0.5, 0.6) is 0 Å². The Hall–Kier alpha value is -1.27. The molecule has 0 N–H and O–H groups in total. The van der Waals surface area contributed by atoms with Crippen LogP contribution in [0.1, 0.15) is 0 Å². The Balaban J connectivity index is 1.73. The van der Waals surface area contributed by atoms with Crippen molar-refractivity contribution in [2.75, 3.05) is 31.1 Å². The van der Waals surface area contributed by atoms with E-state index in [1.54, 1.807) is 18.2 Å². The Bertz CT molecular complexity index is 803. The first-order valence-corrected chi connectivity index (χ1v) is 9.43. The summed E-state index contributed by atoms with van der Waals surface area (Å²) in [4.78, 5) is 2.37. The van der Waals surface area contributed by atoms with Gasteiger partial charge in [-0.05, 0) is 36.4 Å². The molecule has 0 unspecified atom stereocenters. The minimum Gasteiger partial charge on any atom is -0.369 e. The molecule has 2 aromatic carbocycles. The summed E-state index contributed by atoms with van der Waals surface area (Å²) in [7, 11) is -3.50. The molecule has 7 heteroatoms. The number of halogens is 2. The Morgan fingerprint density at radius 1 is 0.826 bits per heavy atom. The van der Waals surface area contributed by atoms with Crippen LogP contribution >= 0.6 is 23.2 Å². The van der Waals surface area contributed by atoms with E-state index in [1.807, 2.05) is 24.3 Å². The van der Waals surface area contributed by atoms with Crippen molar-refractivity contribution in [1.29, 1.82) is 0 Å². The summed E-state index contributed by atoms with van der Waals surface area (Å²) in [6, 6.07) is 14.0. The Morgan fingerprint density at radius 3 is 2.04 bits per heavy atom. The van der Waals surface area contributed by atoms with Crippen LogP contribution in [0.25, 0.3) is 0 Å². The monoisotopic (exact) mass is 370 g/mol. The molecule has 4 nitrogen and oxygen atoms in total. The highest BCUT2D eigenvalue weighted by molar-refractivity contribution is 7.89. The predicted octanol–water partition coefficient (Wildman–Crippen LogP) is 3.50. The van der Waals surface area contributed by atoms with Crippen LogP contribution in [0.2, 0.25) is 10.0 Å². The maximum Gasteiger partial charge on any atom is 0.243 e. The molecule has 1 saturated heterocycles. The van der Waals surface area contributed by atoms with Crippen molar-refractivity contribution < 1.29 is 8.42 Å². The molecule has 0 atom stereocenters. The maximum absolute atomic E-state index is 12.7. The average Bonchev–Trinajstić information content (AvgIpc) is 2.55. The first kappa shape index (κ1) is 16.6. The first-order chi connectivity index (χ1) is 11.0. The number of hydrogen-bond acceptors (Lipinski definition) is 3. The van der Waals surface area contributed by atoms with Crippen LogP contribution in [-0.2, 0) is 10.0 Å². The summed E-state index contributed by atoms with van der Waals surface area (Å²) in [5.74, 6) is 0. The topological polar surface area (TPSA) is 40.6 Å². The van der Waals surface area contributed by atoms with E-state index >= 15 is 0 Å². The van der Waals surface area contributed by atoms with Crippen LogP contribution in [0.4, 0.5) is 5.69 Å². The van der Waals surface area contributed by atoms with Gasteiger partial charge in [0, 0.05) is 41.9 Å². The molecule has 122 valence electrons. The van der Waals surface area contributed by atoms with Gasteiger partial charge in [0.1, 0.15) is 0 Å². The summed E-state index contributed by atoms with van der Waals surface area (Å²) in [6.07, 6.45) is 0. The van der Waals surface area contributed by atoms with Crippen molar-refractivity contribution in [1.82, 2.24) is 4.31 Å². The maximum atomic E-state index is 12.7. The molecule has 23 heavy (non-hydrogen) atoms. The molecule has 1 aliphatic heterocycles. The lowest BCUT2D eigenvalue weighted by molar-refractivity contribution is 0.385. The van der Waals surface area contributed by atoms with Gasteiger partial charge in [-0.3, -0.25) is 0 Å². The van der Waals surface area contributed by atoms with Gasteiger partial charge in [0.2, 0.25) is 10.0 Å². The Kier molecular flexibility index (Phi) is 4.82. The van der Waals surface area contributed by atoms with E-state index in [2.05, 4.69) is 4.90 Å². The van der Waals surface area contributed by atoms with Crippen molar-refractivity contribution in [2.45, 2.75) is 4.90 Å². The molecule has 1 fully saturated rings. The smallest absolute Gasteiger partial charge is 0.243 e. The van der Waals surface area contributed by atoms with Gasteiger partial charge < -0.3 is 4.90 Å². The third-order valence-electron chi connectivity index (χ3n) is 3.85. The fourth-order valence-electron chi connectivity index (χ4n) is 2.64. The van der Waals surface area contributed by atoms with Gasteiger partial charge in [-0.1, -0.05) is 35.3 Å². The zero-order chi connectivity index (χ0) is 16.4. The summed E-state index contributed by atoms with van der Waals surface area (Å²) >= 11 is 11.9. The molecule has 0 aromatic heterocycles. The molecule has 0 aliphatic carbocycles. The second-order valence-electron chi connectivity index (χ2n) is 5.33. The highest BCUT2D eigenvalue weighted by atomic mass is 35.5. The highest BCUT2D eigenvalue weighted by Crippen LogP contribution is 2.24. The standard InChI is InChI=1S/C16H16Cl2N2O2S/c17-13-3-1-5-15(11-13)19-7-9-20(10-8-19)23(21,22)16-6-2-4-14(18)12-16/h1-6,11-12H,7-10H2. The molecule has 2 aromatic rings. The molecule has 0 spiro atoms. The van der Waals surface area contributed by atoms with Gasteiger partial charge in [-0.15, -0.1) is 0 Å². The summed E-state index contributed by atoms with van der Waals surface area (Å²) < 4.78 is 26.8.